The quantitative estimate of drug-likeness (QED) is 0.703. The van der Waals surface area contributed by atoms with E-state index in [1.165, 1.54) is 6.42 Å². The number of nitrogens with one attached hydrogen (secondary N) is 1. The summed E-state index contributed by atoms with van der Waals surface area (Å²) in [5.41, 5.74) is 5.25. The topological polar surface area (TPSA) is 67.5 Å². The molecule has 0 spiro atoms. The molecular formula is C10H19N3O. The Balaban J connectivity index is 2.47. The third-order valence-electron chi connectivity index (χ3n) is 2.47. The summed E-state index contributed by atoms with van der Waals surface area (Å²) in [4.78, 5) is 15.4. The summed E-state index contributed by atoms with van der Waals surface area (Å²) in [6.45, 7) is 2.82. The molecule has 1 heterocycles. The lowest BCUT2D eigenvalue weighted by Crippen LogP contribution is -2.43. The van der Waals surface area contributed by atoms with Gasteiger partial charge in [0.15, 0.2) is 0 Å². The summed E-state index contributed by atoms with van der Waals surface area (Å²) >= 11 is 0. The van der Waals surface area contributed by atoms with Crippen LogP contribution in [0.3, 0.4) is 0 Å². The van der Waals surface area contributed by atoms with Gasteiger partial charge in [-0.3, -0.25) is 9.79 Å². The summed E-state index contributed by atoms with van der Waals surface area (Å²) < 4.78 is 0. The maximum atomic E-state index is 11.0. The van der Waals surface area contributed by atoms with Crippen molar-refractivity contribution in [2.45, 2.75) is 45.1 Å². The van der Waals surface area contributed by atoms with Gasteiger partial charge < -0.3 is 11.1 Å². The predicted octanol–water partition coefficient (Wildman–Crippen LogP) is 0.812. The first-order valence-electron chi connectivity index (χ1n) is 5.33. The van der Waals surface area contributed by atoms with Crippen molar-refractivity contribution in [2.75, 3.05) is 6.54 Å². The highest BCUT2D eigenvalue weighted by Gasteiger charge is 2.14. The zero-order valence-corrected chi connectivity index (χ0v) is 8.75. The van der Waals surface area contributed by atoms with Gasteiger partial charge in [-0.05, 0) is 19.3 Å². The van der Waals surface area contributed by atoms with Crippen LogP contribution in [0.1, 0.15) is 39.0 Å². The van der Waals surface area contributed by atoms with Crippen LogP contribution in [0.15, 0.2) is 4.99 Å². The van der Waals surface area contributed by atoms with E-state index in [4.69, 9.17) is 5.73 Å². The van der Waals surface area contributed by atoms with Gasteiger partial charge in [0.2, 0.25) is 5.91 Å². The Labute approximate surface area is 85.0 Å². The fourth-order valence-electron chi connectivity index (χ4n) is 1.57. The van der Waals surface area contributed by atoms with Crippen LogP contribution in [0.25, 0.3) is 0 Å². The molecule has 0 saturated heterocycles. The summed E-state index contributed by atoms with van der Waals surface area (Å²) in [6, 6.07) is -0.258. The van der Waals surface area contributed by atoms with E-state index < -0.39 is 0 Å². The lowest BCUT2D eigenvalue weighted by molar-refractivity contribution is -0.119. The molecule has 1 aliphatic heterocycles. The van der Waals surface area contributed by atoms with Gasteiger partial charge in [-0.1, -0.05) is 13.3 Å². The third kappa shape index (κ3) is 3.36. The van der Waals surface area contributed by atoms with Crippen molar-refractivity contribution in [3.63, 3.8) is 0 Å². The van der Waals surface area contributed by atoms with E-state index in [0.29, 0.717) is 6.42 Å². The smallest absolute Gasteiger partial charge is 0.239 e. The molecule has 0 aromatic carbocycles. The van der Waals surface area contributed by atoms with Crippen LogP contribution < -0.4 is 11.1 Å². The predicted molar refractivity (Wildman–Crippen MR) is 57.2 cm³/mol. The van der Waals surface area contributed by atoms with E-state index in [-0.39, 0.29) is 11.9 Å². The van der Waals surface area contributed by atoms with Crippen molar-refractivity contribution < 1.29 is 4.79 Å². The standard InChI is InChI=1S/C10H19N3O/c1-2-8(10(11)14)13-9-6-4-3-5-7-12-9/h8H,2-7H2,1H3,(H2,11,14)(H,12,13). The molecule has 1 rings (SSSR count). The second-order valence-corrected chi connectivity index (χ2v) is 3.65. The minimum absolute atomic E-state index is 0.258. The molecule has 1 atom stereocenters. The molecule has 4 heteroatoms. The Morgan fingerprint density at radius 2 is 2.36 bits per heavy atom. The molecule has 3 N–H and O–H groups in total. The maximum absolute atomic E-state index is 11.0. The number of aliphatic imine (C=N–C) groups is 1. The molecule has 80 valence electrons. The Morgan fingerprint density at radius 1 is 1.57 bits per heavy atom. The highest BCUT2D eigenvalue weighted by Crippen LogP contribution is 2.06. The first-order chi connectivity index (χ1) is 6.74. The van der Waals surface area contributed by atoms with Gasteiger partial charge in [0.05, 0.1) is 5.84 Å². The van der Waals surface area contributed by atoms with Crippen LogP contribution in [-0.2, 0) is 4.79 Å². The van der Waals surface area contributed by atoms with Gasteiger partial charge in [-0.15, -0.1) is 0 Å². The molecule has 0 fully saturated rings. The normalized spacial score (nSPS) is 19.4. The van der Waals surface area contributed by atoms with E-state index in [2.05, 4.69) is 10.3 Å². The van der Waals surface area contributed by atoms with Crippen LogP contribution >= 0.6 is 0 Å². The molecule has 0 aliphatic carbocycles. The van der Waals surface area contributed by atoms with Gasteiger partial charge >= 0.3 is 0 Å². The second kappa shape index (κ2) is 5.62. The fourth-order valence-corrected chi connectivity index (χ4v) is 1.57. The van der Waals surface area contributed by atoms with Crippen molar-refractivity contribution in [1.82, 2.24) is 5.32 Å². The third-order valence-corrected chi connectivity index (χ3v) is 2.47. The number of hydrogen-bond donors (Lipinski definition) is 2. The molecule has 0 aromatic heterocycles. The summed E-state index contributed by atoms with van der Waals surface area (Å²) in [6.07, 6.45) is 5.19. The minimum atomic E-state index is -0.292. The molecule has 4 nitrogen and oxygen atoms in total. The van der Waals surface area contributed by atoms with Crippen LogP contribution in [-0.4, -0.2) is 24.3 Å². The highest BCUT2D eigenvalue weighted by molar-refractivity contribution is 5.89. The van der Waals surface area contributed by atoms with E-state index in [0.717, 1.165) is 31.6 Å². The number of amidine groups is 1. The average molecular weight is 197 g/mol. The minimum Gasteiger partial charge on any atom is -0.368 e. The number of primary amides is 1. The number of hydrogen-bond acceptors (Lipinski definition) is 3. The van der Waals surface area contributed by atoms with Crippen molar-refractivity contribution in [3.8, 4) is 0 Å². The van der Waals surface area contributed by atoms with Gasteiger partial charge in [0.25, 0.3) is 0 Å². The lowest BCUT2D eigenvalue weighted by Gasteiger charge is -2.15. The van der Waals surface area contributed by atoms with Crippen molar-refractivity contribution >= 4 is 11.7 Å². The van der Waals surface area contributed by atoms with Crippen molar-refractivity contribution in [1.29, 1.82) is 0 Å². The number of carbonyl (C=O) groups is 1. The number of nitrogens with two attached hydrogens (primary N) is 1. The van der Waals surface area contributed by atoms with E-state index in [9.17, 15) is 4.79 Å². The second-order valence-electron chi connectivity index (χ2n) is 3.65. The van der Waals surface area contributed by atoms with Crippen molar-refractivity contribution in [3.05, 3.63) is 0 Å². The Kier molecular flexibility index (Phi) is 4.43. The highest BCUT2D eigenvalue weighted by atomic mass is 16.1. The molecule has 0 bridgehead atoms. The SMILES string of the molecule is CCC(NC1=NCCCCC1)C(N)=O. The zero-order chi connectivity index (χ0) is 10.4. The fraction of sp³-hybridized carbons (Fsp3) is 0.800. The summed E-state index contributed by atoms with van der Waals surface area (Å²) in [7, 11) is 0. The van der Waals surface area contributed by atoms with Gasteiger partial charge in [-0.2, -0.15) is 0 Å². The Bertz CT molecular complexity index is 225. The van der Waals surface area contributed by atoms with Crippen LogP contribution in [0.5, 0.6) is 0 Å². The molecule has 1 unspecified atom stereocenters. The van der Waals surface area contributed by atoms with Gasteiger partial charge in [0, 0.05) is 13.0 Å². The molecule has 0 saturated carbocycles. The van der Waals surface area contributed by atoms with Crippen LogP contribution in [0.2, 0.25) is 0 Å². The van der Waals surface area contributed by atoms with Crippen molar-refractivity contribution in [2.24, 2.45) is 10.7 Å². The molecule has 14 heavy (non-hydrogen) atoms. The largest absolute Gasteiger partial charge is 0.368 e. The van der Waals surface area contributed by atoms with E-state index in [1.807, 2.05) is 6.92 Å². The first-order valence-corrected chi connectivity index (χ1v) is 5.33. The first kappa shape index (κ1) is 11.0. The van der Waals surface area contributed by atoms with Crippen LogP contribution in [0, 0.1) is 0 Å². The number of rotatable bonds is 3. The van der Waals surface area contributed by atoms with Crippen LogP contribution in [0.4, 0.5) is 0 Å². The van der Waals surface area contributed by atoms with Gasteiger partial charge in [-0.25, -0.2) is 0 Å². The maximum Gasteiger partial charge on any atom is 0.239 e. The molecule has 1 aliphatic rings. The molecule has 0 aromatic rings. The lowest BCUT2D eigenvalue weighted by atomic mass is 10.2. The Morgan fingerprint density at radius 3 is 3.00 bits per heavy atom. The monoisotopic (exact) mass is 197 g/mol. The Hall–Kier alpha value is -1.06. The number of nitrogens with zero attached hydrogens (tertiary/aromatic N) is 1. The van der Waals surface area contributed by atoms with E-state index in [1.54, 1.807) is 0 Å². The number of amides is 1. The summed E-state index contributed by atoms with van der Waals surface area (Å²) in [5.74, 6) is 0.660. The molecule has 1 amide bonds. The average Bonchev–Trinajstić information content (AvgIpc) is 2.41. The molecular weight excluding hydrogens is 178 g/mol. The molecule has 0 radical (unpaired) electrons. The van der Waals surface area contributed by atoms with Gasteiger partial charge in [0.1, 0.15) is 6.04 Å². The summed E-state index contributed by atoms with van der Waals surface area (Å²) in [5, 5.41) is 3.12. The van der Waals surface area contributed by atoms with E-state index >= 15 is 0 Å². The zero-order valence-electron chi connectivity index (χ0n) is 8.75. The number of carbonyl (C=O) groups excluding carboxylic acids is 1.